The Balaban J connectivity index is 2.81. The van der Waals surface area contributed by atoms with Crippen LogP contribution in [-0.2, 0) is 10.0 Å². The van der Waals surface area contributed by atoms with E-state index in [-0.39, 0.29) is 4.99 Å². The van der Waals surface area contributed by atoms with Crippen molar-refractivity contribution in [1.82, 2.24) is 4.72 Å². The maximum absolute atomic E-state index is 11.8. The molecule has 0 aliphatic heterocycles. The Hall–Kier alpha value is -0.920. The van der Waals surface area contributed by atoms with Crippen LogP contribution in [0, 0.1) is 6.92 Å². The van der Waals surface area contributed by atoms with Gasteiger partial charge in [0.2, 0.25) is 10.0 Å². The number of hydrogen-bond donors (Lipinski definition) is 2. The average Bonchev–Trinajstić information content (AvgIpc) is 2.63. The second-order valence-electron chi connectivity index (χ2n) is 3.88. The van der Waals surface area contributed by atoms with Crippen LogP contribution in [0.2, 0.25) is 0 Å². The fourth-order valence-electron chi connectivity index (χ4n) is 1.25. The summed E-state index contributed by atoms with van der Waals surface area (Å²) in [5.41, 5.74) is 5.33. The van der Waals surface area contributed by atoms with E-state index in [0.717, 1.165) is 5.76 Å². The van der Waals surface area contributed by atoms with E-state index in [0.29, 0.717) is 5.76 Å². The van der Waals surface area contributed by atoms with Crippen LogP contribution in [-0.4, -0.2) is 18.7 Å². The van der Waals surface area contributed by atoms with Crippen LogP contribution in [0.25, 0.3) is 0 Å². The lowest BCUT2D eigenvalue weighted by Crippen LogP contribution is -2.40. The summed E-state index contributed by atoms with van der Waals surface area (Å²) in [5, 5.41) is -0.906. The van der Waals surface area contributed by atoms with Crippen LogP contribution in [0.15, 0.2) is 16.5 Å². The van der Waals surface area contributed by atoms with Crippen molar-refractivity contribution in [3.8, 4) is 0 Å². The number of furan rings is 1. The number of thiocarbonyl (C=S) groups is 1. The van der Waals surface area contributed by atoms with E-state index in [1.165, 1.54) is 6.92 Å². The molecule has 0 saturated heterocycles. The van der Waals surface area contributed by atoms with Crippen molar-refractivity contribution in [3.05, 3.63) is 23.7 Å². The number of nitrogens with two attached hydrogens (primary N) is 1. The highest BCUT2D eigenvalue weighted by Crippen LogP contribution is 2.17. The Morgan fingerprint density at radius 3 is 2.47 bits per heavy atom. The van der Waals surface area contributed by atoms with Gasteiger partial charge >= 0.3 is 0 Å². The molecule has 96 valence electrons. The summed E-state index contributed by atoms with van der Waals surface area (Å²) in [4.78, 5) is -0.0553. The van der Waals surface area contributed by atoms with Gasteiger partial charge in [-0.3, -0.25) is 0 Å². The Kier molecular flexibility index (Phi) is 4.29. The number of sulfonamides is 1. The third kappa shape index (κ3) is 3.52. The molecule has 0 aromatic carbocycles. The number of aryl methyl sites for hydroxylation is 1. The number of rotatable bonds is 5. The van der Waals surface area contributed by atoms with Gasteiger partial charge in [0.15, 0.2) is 0 Å². The molecule has 1 heterocycles. The second kappa shape index (κ2) is 5.16. The molecule has 0 bridgehead atoms. The average molecular weight is 276 g/mol. The third-order valence-electron chi connectivity index (χ3n) is 2.40. The Labute approximate surface area is 106 Å². The minimum atomic E-state index is -3.57. The molecule has 2 atom stereocenters. The van der Waals surface area contributed by atoms with E-state index in [1.54, 1.807) is 26.0 Å². The maximum atomic E-state index is 11.8. The standard InChI is InChI=1S/C10H16N2O3S2/c1-6-4-5-9(15-6)7(2)12-17(13,14)8(3)10(11)16/h4-5,7-8,12H,1-3H3,(H2,11,16). The molecule has 0 fully saturated rings. The Morgan fingerprint density at radius 1 is 1.47 bits per heavy atom. The molecule has 0 spiro atoms. The molecule has 0 radical (unpaired) electrons. The summed E-state index contributed by atoms with van der Waals surface area (Å²) in [5.74, 6) is 1.29. The van der Waals surface area contributed by atoms with Crippen LogP contribution in [0.4, 0.5) is 0 Å². The van der Waals surface area contributed by atoms with E-state index >= 15 is 0 Å². The first-order valence-electron chi connectivity index (χ1n) is 5.11. The zero-order chi connectivity index (χ0) is 13.2. The second-order valence-corrected chi connectivity index (χ2v) is 6.38. The summed E-state index contributed by atoms with van der Waals surface area (Å²) in [6, 6.07) is 3.05. The van der Waals surface area contributed by atoms with Gasteiger partial charge in [-0.1, -0.05) is 12.2 Å². The molecule has 0 saturated carbocycles. The zero-order valence-electron chi connectivity index (χ0n) is 9.93. The molecule has 7 heteroatoms. The predicted molar refractivity (Wildman–Crippen MR) is 70.2 cm³/mol. The van der Waals surface area contributed by atoms with Crippen molar-refractivity contribution in [3.63, 3.8) is 0 Å². The van der Waals surface area contributed by atoms with Gasteiger partial charge in [0.25, 0.3) is 0 Å². The van der Waals surface area contributed by atoms with Gasteiger partial charge in [0.1, 0.15) is 16.8 Å². The normalized spacial score (nSPS) is 15.5. The van der Waals surface area contributed by atoms with E-state index < -0.39 is 21.3 Å². The van der Waals surface area contributed by atoms with Crippen molar-refractivity contribution >= 4 is 27.2 Å². The van der Waals surface area contributed by atoms with Gasteiger partial charge in [0, 0.05) is 0 Å². The minimum Gasteiger partial charge on any atom is -0.465 e. The topological polar surface area (TPSA) is 85.3 Å². The number of nitrogens with one attached hydrogen (secondary N) is 1. The summed E-state index contributed by atoms with van der Waals surface area (Å²) >= 11 is 4.68. The Bertz CT molecular complexity index is 507. The zero-order valence-corrected chi connectivity index (χ0v) is 11.6. The molecule has 1 rings (SSSR count). The van der Waals surface area contributed by atoms with Gasteiger partial charge in [-0.25, -0.2) is 13.1 Å². The van der Waals surface area contributed by atoms with Crippen LogP contribution in [0.3, 0.4) is 0 Å². The summed E-state index contributed by atoms with van der Waals surface area (Å²) in [6.45, 7) is 4.94. The van der Waals surface area contributed by atoms with Crippen molar-refractivity contribution < 1.29 is 12.8 Å². The summed E-state index contributed by atoms with van der Waals surface area (Å²) < 4.78 is 31.5. The van der Waals surface area contributed by atoms with Gasteiger partial charge in [0.05, 0.1) is 11.0 Å². The fraction of sp³-hybridized carbons (Fsp3) is 0.500. The highest BCUT2D eigenvalue weighted by Gasteiger charge is 2.26. The third-order valence-corrected chi connectivity index (χ3v) is 4.76. The fourth-order valence-corrected chi connectivity index (χ4v) is 2.74. The van der Waals surface area contributed by atoms with E-state index in [2.05, 4.69) is 16.9 Å². The highest BCUT2D eigenvalue weighted by atomic mass is 32.2. The lowest BCUT2D eigenvalue weighted by molar-refractivity contribution is 0.441. The number of hydrogen-bond acceptors (Lipinski definition) is 4. The predicted octanol–water partition coefficient (Wildman–Crippen LogP) is 1.24. The van der Waals surface area contributed by atoms with Crippen molar-refractivity contribution in [2.24, 2.45) is 5.73 Å². The molecular formula is C10H16N2O3S2. The maximum Gasteiger partial charge on any atom is 0.221 e. The SMILES string of the molecule is Cc1ccc(C(C)NS(=O)(=O)C(C)C(N)=S)o1. The molecule has 1 aromatic rings. The van der Waals surface area contributed by atoms with Gasteiger partial charge < -0.3 is 10.2 Å². The quantitative estimate of drug-likeness (QED) is 0.790. The molecule has 1 aromatic heterocycles. The van der Waals surface area contributed by atoms with Crippen LogP contribution < -0.4 is 10.5 Å². The van der Waals surface area contributed by atoms with Crippen molar-refractivity contribution in [2.45, 2.75) is 32.1 Å². The molecule has 2 unspecified atom stereocenters. The molecule has 5 nitrogen and oxygen atoms in total. The molecular weight excluding hydrogens is 260 g/mol. The van der Waals surface area contributed by atoms with E-state index in [1.807, 2.05) is 0 Å². The van der Waals surface area contributed by atoms with Crippen LogP contribution in [0.5, 0.6) is 0 Å². The smallest absolute Gasteiger partial charge is 0.221 e. The lowest BCUT2D eigenvalue weighted by atomic mass is 10.3. The van der Waals surface area contributed by atoms with Crippen molar-refractivity contribution in [1.29, 1.82) is 0 Å². The summed E-state index contributed by atoms with van der Waals surface area (Å²) in [7, 11) is -3.57. The van der Waals surface area contributed by atoms with E-state index in [4.69, 9.17) is 10.2 Å². The van der Waals surface area contributed by atoms with E-state index in [9.17, 15) is 8.42 Å². The first-order valence-corrected chi connectivity index (χ1v) is 7.06. The van der Waals surface area contributed by atoms with Gasteiger partial charge in [-0.15, -0.1) is 0 Å². The van der Waals surface area contributed by atoms with Crippen LogP contribution >= 0.6 is 12.2 Å². The van der Waals surface area contributed by atoms with Crippen molar-refractivity contribution in [2.75, 3.05) is 0 Å². The largest absolute Gasteiger partial charge is 0.465 e. The molecule has 0 aliphatic carbocycles. The molecule has 0 amide bonds. The molecule has 17 heavy (non-hydrogen) atoms. The molecule has 3 N–H and O–H groups in total. The summed E-state index contributed by atoms with van der Waals surface area (Å²) in [6.07, 6.45) is 0. The van der Waals surface area contributed by atoms with Gasteiger partial charge in [-0.2, -0.15) is 0 Å². The first-order chi connectivity index (χ1) is 7.74. The van der Waals surface area contributed by atoms with Gasteiger partial charge in [-0.05, 0) is 32.9 Å². The lowest BCUT2D eigenvalue weighted by Gasteiger charge is -2.16. The minimum absolute atomic E-state index is 0.0553. The Morgan fingerprint density at radius 2 is 2.06 bits per heavy atom. The molecule has 0 aliphatic rings. The first kappa shape index (κ1) is 14.1. The van der Waals surface area contributed by atoms with Crippen LogP contribution in [0.1, 0.15) is 31.4 Å². The monoisotopic (exact) mass is 276 g/mol. The highest BCUT2D eigenvalue weighted by molar-refractivity contribution is 7.93.